The number of nitrogens with zero attached hydrogens (tertiary/aromatic N) is 5. The Hall–Kier alpha value is -3.13. The number of imidazole rings is 1. The van der Waals surface area contributed by atoms with Crippen molar-refractivity contribution in [1.29, 1.82) is 0 Å². The number of amides is 1. The number of fused-ring (bicyclic) bond motifs is 2. The number of hydrogen-bond donors (Lipinski definition) is 1. The van der Waals surface area contributed by atoms with Crippen molar-refractivity contribution >= 4 is 40.1 Å². The molecule has 1 amide bonds. The molecule has 126 valence electrons. The van der Waals surface area contributed by atoms with E-state index in [1.54, 1.807) is 31.4 Å². The molecule has 0 saturated carbocycles. The first-order valence-electron chi connectivity index (χ1n) is 7.49. The van der Waals surface area contributed by atoms with Crippen LogP contribution in [0.4, 0.5) is 5.95 Å². The number of hydrogen-bond acceptors (Lipinski definition) is 4. The summed E-state index contributed by atoms with van der Waals surface area (Å²) in [4.78, 5) is 28.9. The highest BCUT2D eigenvalue weighted by atomic mass is 35.5. The highest BCUT2D eigenvalue weighted by Crippen LogP contribution is 2.13. The standard InChI is InChI=1S/C16H13ClN6O2/c1-21-11-4-2-3-5-12(11)22(16(21)25)9-14(24)19-15-18-13-7-6-10(17)8-23(13)20-15/h2-8H,9H2,1H3,(H,19,20,24). The number of aromatic nitrogens is 5. The van der Waals surface area contributed by atoms with E-state index in [4.69, 9.17) is 11.6 Å². The molecule has 8 nitrogen and oxygen atoms in total. The van der Waals surface area contributed by atoms with Crippen LogP contribution in [-0.2, 0) is 18.4 Å². The maximum atomic E-state index is 12.4. The minimum absolute atomic E-state index is 0.128. The van der Waals surface area contributed by atoms with Crippen LogP contribution in [-0.4, -0.2) is 29.6 Å². The van der Waals surface area contributed by atoms with Crippen LogP contribution in [0.1, 0.15) is 0 Å². The second kappa shape index (κ2) is 5.75. The fourth-order valence-corrected chi connectivity index (χ4v) is 2.89. The summed E-state index contributed by atoms with van der Waals surface area (Å²) in [5.74, 6) is -0.235. The van der Waals surface area contributed by atoms with Crippen LogP contribution in [0.2, 0.25) is 5.02 Å². The van der Waals surface area contributed by atoms with Crippen LogP contribution in [0, 0.1) is 0 Å². The molecule has 0 spiro atoms. The van der Waals surface area contributed by atoms with Crippen LogP contribution in [0.3, 0.4) is 0 Å². The van der Waals surface area contributed by atoms with E-state index in [0.717, 1.165) is 5.52 Å². The van der Waals surface area contributed by atoms with Gasteiger partial charge in [-0.1, -0.05) is 23.7 Å². The fourth-order valence-electron chi connectivity index (χ4n) is 2.73. The van der Waals surface area contributed by atoms with Gasteiger partial charge in [0.2, 0.25) is 11.9 Å². The highest BCUT2D eigenvalue weighted by molar-refractivity contribution is 6.30. The maximum Gasteiger partial charge on any atom is 0.329 e. The topological polar surface area (TPSA) is 86.2 Å². The zero-order valence-corrected chi connectivity index (χ0v) is 13.9. The normalized spacial score (nSPS) is 11.3. The van der Waals surface area contributed by atoms with Crippen molar-refractivity contribution in [2.75, 3.05) is 5.32 Å². The number of pyridine rings is 1. The average Bonchev–Trinajstić information content (AvgIpc) is 3.09. The Labute approximate surface area is 146 Å². The molecule has 3 aromatic heterocycles. The van der Waals surface area contributed by atoms with E-state index < -0.39 is 0 Å². The number of carbonyl (C=O) groups is 1. The molecule has 0 fully saturated rings. The number of halogens is 1. The predicted molar refractivity (Wildman–Crippen MR) is 93.8 cm³/mol. The van der Waals surface area contributed by atoms with Crippen LogP contribution >= 0.6 is 11.6 Å². The predicted octanol–water partition coefficient (Wildman–Crippen LogP) is 1.67. The number of para-hydroxylation sites is 2. The first-order valence-corrected chi connectivity index (χ1v) is 7.87. The van der Waals surface area contributed by atoms with Gasteiger partial charge in [-0.2, -0.15) is 4.98 Å². The zero-order chi connectivity index (χ0) is 17.6. The molecule has 0 aliphatic carbocycles. The number of anilines is 1. The van der Waals surface area contributed by atoms with E-state index in [1.165, 1.54) is 13.6 Å². The number of aryl methyl sites for hydroxylation is 1. The van der Waals surface area contributed by atoms with Gasteiger partial charge in [0.05, 0.1) is 16.1 Å². The van der Waals surface area contributed by atoms with Crippen molar-refractivity contribution in [2.24, 2.45) is 7.05 Å². The summed E-state index contributed by atoms with van der Waals surface area (Å²) in [5, 5.41) is 7.26. The lowest BCUT2D eigenvalue weighted by atomic mass is 10.3. The second-order valence-corrected chi connectivity index (χ2v) is 5.99. The summed E-state index contributed by atoms with van der Waals surface area (Å²) in [6.45, 7) is -0.128. The monoisotopic (exact) mass is 356 g/mol. The molecule has 1 N–H and O–H groups in total. The van der Waals surface area contributed by atoms with Gasteiger partial charge in [-0.15, -0.1) is 5.10 Å². The molecular formula is C16H13ClN6O2. The van der Waals surface area contributed by atoms with Crippen molar-refractivity contribution in [3.63, 3.8) is 0 Å². The Bertz CT molecular complexity index is 1170. The summed E-state index contributed by atoms with van der Waals surface area (Å²) >= 11 is 5.90. The largest absolute Gasteiger partial charge is 0.329 e. The molecule has 25 heavy (non-hydrogen) atoms. The van der Waals surface area contributed by atoms with Gasteiger partial charge in [-0.3, -0.25) is 19.2 Å². The van der Waals surface area contributed by atoms with Gasteiger partial charge in [-0.05, 0) is 24.3 Å². The van der Waals surface area contributed by atoms with E-state index in [9.17, 15) is 9.59 Å². The highest BCUT2D eigenvalue weighted by Gasteiger charge is 2.14. The summed E-state index contributed by atoms with van der Waals surface area (Å²) in [6.07, 6.45) is 1.59. The third-order valence-electron chi connectivity index (χ3n) is 3.90. The van der Waals surface area contributed by atoms with E-state index in [1.807, 2.05) is 18.2 Å². The van der Waals surface area contributed by atoms with Gasteiger partial charge in [-0.25, -0.2) is 9.31 Å². The Balaban J connectivity index is 1.62. The number of benzene rings is 1. The quantitative estimate of drug-likeness (QED) is 0.605. The Morgan fingerprint density at radius 2 is 1.96 bits per heavy atom. The summed E-state index contributed by atoms with van der Waals surface area (Å²) in [7, 11) is 1.67. The number of nitrogens with one attached hydrogen (secondary N) is 1. The Kier molecular flexibility index (Phi) is 3.54. The lowest BCUT2D eigenvalue weighted by Gasteiger charge is -2.02. The molecule has 4 aromatic rings. The minimum Gasteiger partial charge on any atom is -0.295 e. The Morgan fingerprint density at radius 1 is 1.20 bits per heavy atom. The smallest absolute Gasteiger partial charge is 0.295 e. The van der Waals surface area contributed by atoms with Crippen molar-refractivity contribution in [1.82, 2.24) is 23.7 Å². The molecular weight excluding hydrogens is 344 g/mol. The lowest BCUT2D eigenvalue weighted by molar-refractivity contribution is -0.116. The molecule has 0 aliphatic heterocycles. The lowest BCUT2D eigenvalue weighted by Crippen LogP contribution is -2.28. The van der Waals surface area contributed by atoms with Crippen LogP contribution in [0.15, 0.2) is 47.4 Å². The van der Waals surface area contributed by atoms with Gasteiger partial charge in [0.1, 0.15) is 6.54 Å². The SMILES string of the molecule is Cn1c(=O)n(CC(=O)Nc2nc3ccc(Cl)cn3n2)c2ccccc21. The Morgan fingerprint density at radius 3 is 2.76 bits per heavy atom. The molecule has 0 saturated heterocycles. The van der Waals surface area contributed by atoms with Crippen LogP contribution in [0.25, 0.3) is 16.7 Å². The first kappa shape index (κ1) is 15.4. The molecule has 3 heterocycles. The van der Waals surface area contributed by atoms with E-state index in [2.05, 4.69) is 15.4 Å². The van der Waals surface area contributed by atoms with Crippen molar-refractivity contribution in [3.05, 3.63) is 58.1 Å². The van der Waals surface area contributed by atoms with Gasteiger partial charge < -0.3 is 0 Å². The minimum atomic E-state index is -0.388. The van der Waals surface area contributed by atoms with Crippen molar-refractivity contribution in [2.45, 2.75) is 6.54 Å². The second-order valence-electron chi connectivity index (χ2n) is 5.55. The third kappa shape index (κ3) is 2.66. The molecule has 4 rings (SSSR count). The first-order chi connectivity index (χ1) is 12.0. The zero-order valence-electron chi connectivity index (χ0n) is 13.2. The third-order valence-corrected chi connectivity index (χ3v) is 4.12. The molecule has 0 bridgehead atoms. The number of carbonyl (C=O) groups excluding carboxylic acids is 1. The summed E-state index contributed by atoms with van der Waals surface area (Å²) < 4.78 is 4.40. The van der Waals surface area contributed by atoms with E-state index in [0.29, 0.717) is 16.2 Å². The van der Waals surface area contributed by atoms with E-state index >= 15 is 0 Å². The van der Waals surface area contributed by atoms with Gasteiger partial charge in [0.15, 0.2) is 5.65 Å². The molecule has 0 unspecified atom stereocenters. The molecule has 9 heteroatoms. The summed E-state index contributed by atoms with van der Waals surface area (Å²) in [6, 6.07) is 10.7. The van der Waals surface area contributed by atoms with Crippen molar-refractivity contribution < 1.29 is 4.79 Å². The van der Waals surface area contributed by atoms with Crippen LogP contribution < -0.4 is 11.0 Å². The van der Waals surface area contributed by atoms with Gasteiger partial charge >= 0.3 is 5.69 Å². The summed E-state index contributed by atoms with van der Waals surface area (Å²) in [5.41, 5.74) is 1.76. The molecule has 0 radical (unpaired) electrons. The molecule has 1 aromatic carbocycles. The van der Waals surface area contributed by atoms with Crippen LogP contribution in [0.5, 0.6) is 0 Å². The molecule has 0 aliphatic rings. The van der Waals surface area contributed by atoms with Crippen molar-refractivity contribution in [3.8, 4) is 0 Å². The van der Waals surface area contributed by atoms with E-state index in [-0.39, 0.29) is 24.1 Å². The number of rotatable bonds is 3. The van der Waals surface area contributed by atoms with Gasteiger partial charge in [0.25, 0.3) is 0 Å². The fraction of sp³-hybridized carbons (Fsp3) is 0.125. The maximum absolute atomic E-state index is 12.4. The van der Waals surface area contributed by atoms with Gasteiger partial charge in [0, 0.05) is 13.2 Å². The average molecular weight is 357 g/mol. The molecule has 0 atom stereocenters.